The molecule has 0 aliphatic carbocycles. The number of rotatable bonds is 6. The van der Waals surface area contributed by atoms with E-state index in [1.807, 2.05) is 0 Å². The average Bonchev–Trinajstić information content (AvgIpc) is 2.80. The topological polar surface area (TPSA) is 101 Å². The summed E-state index contributed by atoms with van der Waals surface area (Å²) < 4.78 is 14.8. The van der Waals surface area contributed by atoms with Gasteiger partial charge in [0.1, 0.15) is 17.5 Å². The lowest BCUT2D eigenvalue weighted by Crippen LogP contribution is -2.24. The maximum absolute atomic E-state index is 14.8. The van der Waals surface area contributed by atoms with Gasteiger partial charge in [-0.15, -0.1) is 0 Å². The molecule has 3 aromatic rings. The number of carbonyl (C=O) groups excluding carboxylic acids is 2. The molecule has 0 unspecified atom stereocenters. The predicted molar refractivity (Wildman–Crippen MR) is 138 cm³/mol. The van der Waals surface area contributed by atoms with E-state index in [1.165, 1.54) is 35.4 Å². The van der Waals surface area contributed by atoms with Gasteiger partial charge >= 0.3 is 0 Å². The van der Waals surface area contributed by atoms with Gasteiger partial charge in [0.25, 0.3) is 11.8 Å². The molecule has 0 spiro atoms. The number of aromatic nitrogens is 1. The maximum Gasteiger partial charge on any atom is 0.259 e. The second-order valence-electron chi connectivity index (χ2n) is 7.95. The molecule has 8 nitrogen and oxygen atoms in total. The maximum atomic E-state index is 14.8. The van der Waals surface area contributed by atoms with Crippen molar-refractivity contribution in [3.63, 3.8) is 0 Å². The summed E-state index contributed by atoms with van der Waals surface area (Å²) in [6.07, 6.45) is 1.38. The summed E-state index contributed by atoms with van der Waals surface area (Å²) in [7, 11) is 6.75. The van der Waals surface area contributed by atoms with Gasteiger partial charge < -0.3 is 20.4 Å². The lowest BCUT2D eigenvalue weighted by atomic mass is 10.1. The van der Waals surface area contributed by atoms with Gasteiger partial charge in [-0.25, -0.2) is 9.37 Å². The Hall–Kier alpha value is -3.69. The SMILES string of the molecule is CN(C)C(=N)c1ccc(C(=O)Nc2c(C(=O)Nc3ccc(Cl)cn3)cc(Cl)cc2N(C)C)c(F)c1. The number of benzene rings is 2. The van der Waals surface area contributed by atoms with E-state index in [0.29, 0.717) is 16.3 Å². The van der Waals surface area contributed by atoms with Crippen molar-refractivity contribution in [2.24, 2.45) is 0 Å². The third kappa shape index (κ3) is 6.06. The first-order valence-electron chi connectivity index (χ1n) is 10.3. The van der Waals surface area contributed by atoms with E-state index in [2.05, 4.69) is 15.6 Å². The highest BCUT2D eigenvalue weighted by Crippen LogP contribution is 2.33. The van der Waals surface area contributed by atoms with Crippen LogP contribution in [-0.4, -0.2) is 55.7 Å². The van der Waals surface area contributed by atoms with E-state index in [4.69, 9.17) is 28.6 Å². The Morgan fingerprint density at radius 1 is 0.914 bits per heavy atom. The van der Waals surface area contributed by atoms with Gasteiger partial charge in [-0.05, 0) is 36.4 Å². The molecule has 11 heteroatoms. The highest BCUT2D eigenvalue weighted by atomic mass is 35.5. The zero-order valence-electron chi connectivity index (χ0n) is 19.4. The zero-order chi connectivity index (χ0) is 25.9. The molecule has 2 amide bonds. The molecule has 0 bridgehead atoms. The molecule has 2 aromatic carbocycles. The van der Waals surface area contributed by atoms with Crippen LogP contribution in [0.4, 0.5) is 21.6 Å². The van der Waals surface area contributed by atoms with Crippen LogP contribution in [0.15, 0.2) is 48.7 Å². The number of pyridine rings is 1. The molecule has 1 aromatic heterocycles. The standard InChI is InChI=1S/C24H23Cl2FN6O2/c1-32(2)19-11-15(26)10-17(24(35)30-20-8-6-14(25)12-29-20)21(19)31-23(34)16-7-5-13(9-18(16)27)22(28)33(3)4/h5-12,28H,1-4H3,(H,31,34)(H,29,30,35). The van der Waals surface area contributed by atoms with Crippen molar-refractivity contribution in [1.29, 1.82) is 5.41 Å². The van der Waals surface area contributed by atoms with Gasteiger partial charge in [-0.2, -0.15) is 0 Å². The van der Waals surface area contributed by atoms with Crippen molar-refractivity contribution in [3.8, 4) is 0 Å². The van der Waals surface area contributed by atoms with Crippen LogP contribution in [0.2, 0.25) is 10.0 Å². The van der Waals surface area contributed by atoms with E-state index in [9.17, 15) is 14.0 Å². The molecule has 0 saturated carbocycles. The molecular weight excluding hydrogens is 494 g/mol. The number of nitrogens with zero attached hydrogens (tertiary/aromatic N) is 3. The number of hydrogen-bond acceptors (Lipinski definition) is 5. The molecule has 1 heterocycles. The molecule has 35 heavy (non-hydrogen) atoms. The van der Waals surface area contributed by atoms with Crippen LogP contribution in [0.3, 0.4) is 0 Å². The number of hydrogen-bond donors (Lipinski definition) is 3. The molecular formula is C24H23Cl2FN6O2. The molecule has 3 rings (SSSR count). The minimum absolute atomic E-state index is 0.0534. The Bertz CT molecular complexity index is 1300. The van der Waals surface area contributed by atoms with Gasteiger partial charge in [0.15, 0.2) is 0 Å². The normalized spacial score (nSPS) is 10.5. The van der Waals surface area contributed by atoms with E-state index in [1.54, 1.807) is 45.2 Å². The number of anilines is 3. The summed E-state index contributed by atoms with van der Waals surface area (Å²) in [5, 5.41) is 13.9. The Morgan fingerprint density at radius 2 is 1.60 bits per heavy atom. The van der Waals surface area contributed by atoms with E-state index >= 15 is 0 Å². The second kappa shape index (κ2) is 10.7. The minimum atomic E-state index is -0.802. The van der Waals surface area contributed by atoms with Crippen molar-refractivity contribution >= 4 is 58.0 Å². The third-order valence-electron chi connectivity index (χ3n) is 4.95. The van der Waals surface area contributed by atoms with Gasteiger partial charge in [0.2, 0.25) is 0 Å². The summed E-state index contributed by atoms with van der Waals surface area (Å²) in [5.74, 6) is -1.82. The van der Waals surface area contributed by atoms with Crippen LogP contribution < -0.4 is 15.5 Å². The number of amides is 2. The average molecular weight is 517 g/mol. The van der Waals surface area contributed by atoms with Crippen LogP contribution in [0.1, 0.15) is 26.3 Å². The fourth-order valence-corrected chi connectivity index (χ4v) is 3.50. The van der Waals surface area contributed by atoms with Crippen molar-refractivity contribution in [2.75, 3.05) is 43.7 Å². The largest absolute Gasteiger partial charge is 0.376 e. The van der Waals surface area contributed by atoms with E-state index in [-0.39, 0.29) is 33.5 Å². The highest BCUT2D eigenvalue weighted by Gasteiger charge is 2.22. The number of carbonyl (C=O) groups is 2. The van der Waals surface area contributed by atoms with Crippen LogP contribution in [0, 0.1) is 11.2 Å². The van der Waals surface area contributed by atoms with E-state index in [0.717, 1.165) is 6.07 Å². The smallest absolute Gasteiger partial charge is 0.259 e. The summed E-state index contributed by atoms with van der Waals surface area (Å²) in [4.78, 5) is 33.4. The van der Waals surface area contributed by atoms with Gasteiger partial charge in [-0.3, -0.25) is 15.0 Å². The fraction of sp³-hybridized carbons (Fsp3) is 0.167. The molecule has 0 fully saturated rings. The highest BCUT2D eigenvalue weighted by molar-refractivity contribution is 6.32. The Morgan fingerprint density at radius 3 is 2.17 bits per heavy atom. The second-order valence-corrected chi connectivity index (χ2v) is 8.82. The first kappa shape index (κ1) is 25.9. The molecule has 0 saturated heterocycles. The molecule has 0 atom stereocenters. The summed E-state index contributed by atoms with van der Waals surface area (Å²) in [6.45, 7) is 0. The Labute approximate surface area is 212 Å². The van der Waals surface area contributed by atoms with Crippen LogP contribution in [-0.2, 0) is 0 Å². The van der Waals surface area contributed by atoms with Gasteiger partial charge in [0, 0.05) is 45.0 Å². The monoisotopic (exact) mass is 516 g/mol. The molecule has 0 aliphatic rings. The van der Waals surface area contributed by atoms with E-state index < -0.39 is 17.6 Å². The Kier molecular flexibility index (Phi) is 7.93. The lowest BCUT2D eigenvalue weighted by molar-refractivity contribution is 0.102. The minimum Gasteiger partial charge on any atom is -0.376 e. The van der Waals surface area contributed by atoms with Crippen LogP contribution >= 0.6 is 23.2 Å². The van der Waals surface area contributed by atoms with Crippen molar-refractivity contribution < 1.29 is 14.0 Å². The molecule has 182 valence electrons. The van der Waals surface area contributed by atoms with Crippen molar-refractivity contribution in [2.45, 2.75) is 0 Å². The summed E-state index contributed by atoms with van der Waals surface area (Å²) in [5.41, 5.74) is 0.704. The predicted octanol–water partition coefficient (Wildman–Crippen LogP) is 4.99. The lowest BCUT2D eigenvalue weighted by Gasteiger charge is -2.21. The molecule has 3 N–H and O–H groups in total. The molecule has 0 radical (unpaired) electrons. The zero-order valence-corrected chi connectivity index (χ0v) is 20.9. The first-order valence-corrected chi connectivity index (χ1v) is 11.0. The summed E-state index contributed by atoms with van der Waals surface area (Å²) >= 11 is 12.1. The van der Waals surface area contributed by atoms with Crippen LogP contribution in [0.5, 0.6) is 0 Å². The van der Waals surface area contributed by atoms with Crippen LogP contribution in [0.25, 0.3) is 0 Å². The number of amidine groups is 1. The van der Waals surface area contributed by atoms with Crippen molar-refractivity contribution in [3.05, 3.63) is 81.2 Å². The quantitative estimate of drug-likeness (QED) is 0.316. The molecule has 0 aliphatic heterocycles. The number of nitrogens with one attached hydrogen (secondary N) is 3. The van der Waals surface area contributed by atoms with Gasteiger partial charge in [0.05, 0.1) is 27.5 Å². The third-order valence-corrected chi connectivity index (χ3v) is 5.39. The number of halogens is 3. The van der Waals surface area contributed by atoms with Crippen molar-refractivity contribution in [1.82, 2.24) is 9.88 Å². The van der Waals surface area contributed by atoms with Gasteiger partial charge in [-0.1, -0.05) is 29.3 Å². The first-order chi connectivity index (χ1) is 16.5. The summed E-state index contributed by atoms with van der Waals surface area (Å²) in [6, 6.07) is 9.96. The fourth-order valence-electron chi connectivity index (χ4n) is 3.17. The Balaban J connectivity index is 1.98.